The monoisotopic (exact) mass is 530 g/mol. The molecule has 5 aromatic carbocycles. The summed E-state index contributed by atoms with van der Waals surface area (Å²) in [6.45, 7) is 0. The molecule has 0 saturated heterocycles. The first-order valence-electron chi connectivity index (χ1n) is 13.4. The van der Waals surface area contributed by atoms with Crippen LogP contribution in [-0.2, 0) is 0 Å². The van der Waals surface area contributed by atoms with E-state index in [1.165, 1.54) is 6.08 Å². The molecule has 1 heterocycles. The number of hydrogen-bond donors (Lipinski definition) is 0. The number of carbonyl (C=O) groups excluding carboxylic acids is 2. The van der Waals surface area contributed by atoms with Crippen molar-refractivity contribution in [1.82, 2.24) is 0 Å². The van der Waals surface area contributed by atoms with Gasteiger partial charge in [0.05, 0.1) is 0 Å². The Morgan fingerprint density at radius 1 is 0.488 bits per heavy atom. The van der Waals surface area contributed by atoms with E-state index in [4.69, 9.17) is 4.42 Å². The van der Waals surface area contributed by atoms with E-state index in [1.54, 1.807) is 24.3 Å². The molecule has 0 aliphatic rings. The molecule has 0 aliphatic heterocycles. The smallest absolute Gasteiger partial charge is 0.193 e. The van der Waals surface area contributed by atoms with Crippen molar-refractivity contribution in [3.63, 3.8) is 0 Å². The van der Waals surface area contributed by atoms with Gasteiger partial charge in [0.1, 0.15) is 11.5 Å². The quantitative estimate of drug-likeness (QED) is 0.145. The van der Waals surface area contributed by atoms with E-state index in [1.807, 2.05) is 109 Å². The van der Waals surface area contributed by atoms with Crippen LogP contribution in [0.15, 0.2) is 162 Å². The van der Waals surface area contributed by atoms with Gasteiger partial charge in [0.2, 0.25) is 0 Å². The molecule has 0 spiro atoms. The lowest BCUT2D eigenvalue weighted by Crippen LogP contribution is -2.06. The molecule has 3 heteroatoms. The predicted molar refractivity (Wildman–Crippen MR) is 165 cm³/mol. The van der Waals surface area contributed by atoms with Gasteiger partial charge in [0, 0.05) is 33.4 Å². The average Bonchev–Trinajstić information content (AvgIpc) is 3.51. The molecule has 6 aromatic rings. The molecule has 0 fully saturated rings. The third-order valence-electron chi connectivity index (χ3n) is 6.95. The summed E-state index contributed by atoms with van der Waals surface area (Å²) in [5.74, 6) is 1.06. The minimum Gasteiger partial charge on any atom is -0.455 e. The molecule has 41 heavy (non-hydrogen) atoms. The third-order valence-corrected chi connectivity index (χ3v) is 6.95. The van der Waals surface area contributed by atoms with Gasteiger partial charge in [-0.05, 0) is 23.3 Å². The Kier molecular flexibility index (Phi) is 7.33. The highest BCUT2D eigenvalue weighted by Gasteiger charge is 2.19. The second-order valence-corrected chi connectivity index (χ2v) is 9.65. The Hall–Kier alpha value is -5.54. The van der Waals surface area contributed by atoms with E-state index in [2.05, 4.69) is 18.2 Å². The molecule has 0 aliphatic carbocycles. The number of furan rings is 1. The molecule has 3 nitrogen and oxygen atoms in total. The van der Waals surface area contributed by atoms with Gasteiger partial charge in [-0.15, -0.1) is 0 Å². The maximum atomic E-state index is 13.8. The van der Waals surface area contributed by atoms with Crippen LogP contribution in [-0.4, -0.2) is 11.6 Å². The summed E-state index contributed by atoms with van der Waals surface area (Å²) in [5.41, 5.74) is 5.92. The van der Waals surface area contributed by atoms with Crippen LogP contribution in [0.1, 0.15) is 26.3 Å². The first-order valence-corrected chi connectivity index (χ1v) is 13.4. The van der Waals surface area contributed by atoms with Crippen LogP contribution in [0.2, 0.25) is 0 Å². The number of allylic oxidation sites excluding steroid dienone is 2. The molecule has 196 valence electrons. The first kappa shape index (κ1) is 25.7. The molecule has 0 saturated carbocycles. The van der Waals surface area contributed by atoms with E-state index >= 15 is 0 Å². The number of Topliss-reactive ketones (excluding diaryl/α,β-unsaturated/α-hetero) is 1. The summed E-state index contributed by atoms with van der Waals surface area (Å²) in [6, 6.07) is 47.8. The molecule has 0 N–H and O–H groups in total. The largest absolute Gasteiger partial charge is 0.455 e. The van der Waals surface area contributed by atoms with Crippen molar-refractivity contribution in [2.24, 2.45) is 0 Å². The van der Waals surface area contributed by atoms with Crippen LogP contribution in [0.25, 0.3) is 39.3 Å². The van der Waals surface area contributed by atoms with Crippen LogP contribution < -0.4 is 0 Å². The molecule has 0 unspecified atom stereocenters. The van der Waals surface area contributed by atoms with Crippen molar-refractivity contribution in [2.75, 3.05) is 0 Å². The number of benzene rings is 5. The summed E-state index contributed by atoms with van der Waals surface area (Å²) in [5, 5.41) is 0. The number of hydrogen-bond acceptors (Lipinski definition) is 3. The van der Waals surface area contributed by atoms with Gasteiger partial charge in [-0.25, -0.2) is 0 Å². The average molecular weight is 531 g/mol. The predicted octanol–water partition coefficient (Wildman–Crippen LogP) is 9.43. The van der Waals surface area contributed by atoms with Gasteiger partial charge in [-0.1, -0.05) is 146 Å². The van der Waals surface area contributed by atoms with Gasteiger partial charge in [0.15, 0.2) is 11.6 Å². The lowest BCUT2D eigenvalue weighted by Gasteiger charge is -2.09. The Bertz CT molecular complexity index is 1810. The van der Waals surface area contributed by atoms with E-state index in [0.29, 0.717) is 22.3 Å². The topological polar surface area (TPSA) is 47.3 Å². The lowest BCUT2D eigenvalue weighted by molar-refractivity contribution is 0.102. The van der Waals surface area contributed by atoms with Crippen LogP contribution >= 0.6 is 0 Å². The Morgan fingerprint density at radius 3 is 1.59 bits per heavy atom. The maximum Gasteiger partial charge on any atom is 0.193 e. The summed E-state index contributed by atoms with van der Waals surface area (Å²) < 4.78 is 6.42. The molecule has 6 rings (SSSR count). The summed E-state index contributed by atoms with van der Waals surface area (Å²) >= 11 is 0. The molecule has 1 aromatic heterocycles. The van der Waals surface area contributed by atoms with Crippen LogP contribution in [0, 0.1) is 0 Å². The molecule has 0 amide bonds. The van der Waals surface area contributed by atoms with E-state index in [9.17, 15) is 9.59 Å². The number of carbonyl (C=O) groups is 2. The lowest BCUT2D eigenvalue weighted by atomic mass is 9.93. The molecule has 0 radical (unpaired) electrons. The van der Waals surface area contributed by atoms with Crippen molar-refractivity contribution in [1.29, 1.82) is 0 Å². The van der Waals surface area contributed by atoms with Crippen LogP contribution in [0.4, 0.5) is 0 Å². The van der Waals surface area contributed by atoms with Gasteiger partial charge in [-0.3, -0.25) is 9.59 Å². The van der Waals surface area contributed by atoms with Gasteiger partial charge < -0.3 is 4.42 Å². The number of ketones is 2. The molecule has 0 bridgehead atoms. The summed E-state index contributed by atoms with van der Waals surface area (Å²) in [6.07, 6.45) is 1.44. The minimum atomic E-state index is -0.222. The zero-order valence-electron chi connectivity index (χ0n) is 22.2. The zero-order valence-corrected chi connectivity index (χ0v) is 22.2. The van der Waals surface area contributed by atoms with Crippen molar-refractivity contribution in [3.8, 4) is 33.8 Å². The highest BCUT2D eigenvalue weighted by molar-refractivity contribution is 6.32. The van der Waals surface area contributed by atoms with Crippen LogP contribution in [0.5, 0.6) is 0 Å². The van der Waals surface area contributed by atoms with Crippen molar-refractivity contribution >= 4 is 17.1 Å². The highest BCUT2D eigenvalue weighted by atomic mass is 16.3. The SMILES string of the molecule is O=C(/C=C(\C(=O)c1ccc(-c2oc(-c3ccccc3)cc2-c2ccccc2)cc1)c1ccccc1)c1ccccc1. The van der Waals surface area contributed by atoms with E-state index < -0.39 is 0 Å². The summed E-state index contributed by atoms with van der Waals surface area (Å²) in [7, 11) is 0. The maximum absolute atomic E-state index is 13.8. The second-order valence-electron chi connectivity index (χ2n) is 9.65. The van der Waals surface area contributed by atoms with Crippen LogP contribution in [0.3, 0.4) is 0 Å². The fourth-order valence-corrected chi connectivity index (χ4v) is 4.83. The Labute approximate surface area is 239 Å². The number of rotatable bonds is 8. The normalized spacial score (nSPS) is 11.3. The van der Waals surface area contributed by atoms with Crippen molar-refractivity contribution in [2.45, 2.75) is 0 Å². The van der Waals surface area contributed by atoms with Crippen molar-refractivity contribution in [3.05, 3.63) is 174 Å². The van der Waals surface area contributed by atoms with Gasteiger partial charge in [-0.2, -0.15) is 0 Å². The van der Waals surface area contributed by atoms with Crippen molar-refractivity contribution < 1.29 is 14.0 Å². The first-order chi connectivity index (χ1) is 20.2. The Balaban J connectivity index is 1.38. The Morgan fingerprint density at radius 2 is 1.00 bits per heavy atom. The fraction of sp³-hybridized carbons (Fsp3) is 0. The summed E-state index contributed by atoms with van der Waals surface area (Å²) in [4.78, 5) is 26.8. The zero-order chi connectivity index (χ0) is 28.0. The third kappa shape index (κ3) is 5.61. The second kappa shape index (κ2) is 11.7. The highest BCUT2D eigenvalue weighted by Crippen LogP contribution is 2.39. The molecular formula is C38H26O3. The fourth-order valence-electron chi connectivity index (χ4n) is 4.83. The van der Waals surface area contributed by atoms with Gasteiger partial charge in [0.25, 0.3) is 0 Å². The molecule has 0 atom stereocenters. The minimum absolute atomic E-state index is 0.217. The standard InChI is InChI=1S/C38H26O3/c39-35(29-17-9-3-10-18-29)25-33(27-13-5-1-6-14-27)37(40)31-21-23-32(24-22-31)38-34(28-15-7-2-8-16-28)26-36(41-38)30-19-11-4-12-20-30/h1-26H/b33-25-. The van der Waals surface area contributed by atoms with Gasteiger partial charge >= 0.3 is 0 Å². The van der Waals surface area contributed by atoms with E-state index in [-0.39, 0.29) is 11.6 Å². The van der Waals surface area contributed by atoms with E-state index in [0.717, 1.165) is 33.8 Å². The molecular weight excluding hydrogens is 504 g/mol.